The van der Waals surface area contributed by atoms with Gasteiger partial charge in [0, 0.05) is 10.6 Å². The number of carbonyl (C=O) groups excluding carboxylic acids is 3. The maximum Gasteiger partial charge on any atom is 0.293 e. The highest BCUT2D eigenvalue weighted by molar-refractivity contribution is 8.18. The van der Waals surface area contributed by atoms with E-state index in [1.807, 2.05) is 6.07 Å². The lowest BCUT2D eigenvalue weighted by atomic mass is 9.63. The Morgan fingerprint density at radius 1 is 1.00 bits per heavy atom. The quantitative estimate of drug-likeness (QED) is 0.375. The first-order valence-corrected chi connectivity index (χ1v) is 11.9. The second-order valence-corrected chi connectivity index (χ2v) is 11.2. The zero-order valence-corrected chi connectivity index (χ0v) is 20.3. The average Bonchev–Trinajstić information content (AvgIpc) is 2.99. The molecule has 2 aliphatic rings. The van der Waals surface area contributed by atoms with Crippen LogP contribution in [0, 0.1) is 0 Å². The summed E-state index contributed by atoms with van der Waals surface area (Å²) in [6.07, 6.45) is 3.99. The first-order valence-electron chi connectivity index (χ1n) is 10.7. The van der Waals surface area contributed by atoms with Gasteiger partial charge in [0.2, 0.25) is 0 Å². The Morgan fingerprint density at radius 2 is 1.62 bits per heavy atom. The smallest absolute Gasteiger partial charge is 0.292 e. The largest absolute Gasteiger partial charge is 0.293 e. The van der Waals surface area contributed by atoms with Crippen LogP contribution in [0.3, 0.4) is 0 Å². The number of hydrogen-bond donors (Lipinski definition) is 0. The molecule has 0 radical (unpaired) electrons. The van der Waals surface area contributed by atoms with Gasteiger partial charge in [-0.05, 0) is 82.5 Å². The summed E-state index contributed by atoms with van der Waals surface area (Å²) in [4.78, 5) is 39.3. The fourth-order valence-corrected chi connectivity index (χ4v) is 5.32. The highest BCUT2D eigenvalue weighted by Crippen LogP contribution is 2.46. The molecule has 1 aliphatic carbocycles. The number of hydrogen-bond acceptors (Lipinski definition) is 4. The van der Waals surface area contributed by atoms with E-state index in [0.29, 0.717) is 15.5 Å². The number of ketones is 1. The molecule has 6 heteroatoms. The van der Waals surface area contributed by atoms with E-state index in [2.05, 4.69) is 39.8 Å². The van der Waals surface area contributed by atoms with Crippen molar-refractivity contribution in [1.29, 1.82) is 0 Å². The summed E-state index contributed by atoms with van der Waals surface area (Å²) in [5, 5.41) is 0.0928. The predicted octanol–water partition coefficient (Wildman–Crippen LogP) is 6.61. The van der Waals surface area contributed by atoms with Gasteiger partial charge >= 0.3 is 0 Å². The van der Waals surface area contributed by atoms with Crippen LogP contribution in [0.4, 0.5) is 4.79 Å². The molecule has 0 bridgehead atoms. The molecule has 2 aromatic carbocycles. The molecule has 4 rings (SSSR count). The molecular formula is C26H26ClNO3S. The fraction of sp³-hybridized carbons (Fsp3) is 0.346. The SMILES string of the molecule is CC1(C)CCC(C)(C)c2cc(/C=C3\SC(=O)N(CC(=O)c4ccc(Cl)cc4)C3=O)ccc21. The second-order valence-electron chi connectivity index (χ2n) is 9.77. The number of Topliss-reactive ketones (excluding diaryl/α,β-unsaturated/α-hetero) is 1. The number of rotatable bonds is 4. The number of halogens is 1. The molecular weight excluding hydrogens is 442 g/mol. The van der Waals surface area contributed by atoms with Crippen LogP contribution in [-0.2, 0) is 15.6 Å². The van der Waals surface area contributed by atoms with Crippen molar-refractivity contribution in [3.05, 3.63) is 74.6 Å². The predicted molar refractivity (Wildman–Crippen MR) is 130 cm³/mol. The zero-order chi connectivity index (χ0) is 23.3. The van der Waals surface area contributed by atoms with E-state index < -0.39 is 11.1 Å². The molecule has 1 heterocycles. The summed E-state index contributed by atoms with van der Waals surface area (Å²) in [6.45, 7) is 8.75. The number of carbonyl (C=O) groups is 3. The van der Waals surface area contributed by atoms with Gasteiger partial charge in [-0.25, -0.2) is 0 Å². The molecule has 166 valence electrons. The van der Waals surface area contributed by atoms with Gasteiger partial charge in [-0.2, -0.15) is 0 Å². The van der Waals surface area contributed by atoms with Crippen molar-refractivity contribution in [3.8, 4) is 0 Å². The molecule has 1 fully saturated rings. The lowest BCUT2D eigenvalue weighted by Gasteiger charge is -2.42. The third kappa shape index (κ3) is 4.28. The number of imide groups is 1. The molecule has 2 aromatic rings. The topological polar surface area (TPSA) is 54.5 Å². The van der Waals surface area contributed by atoms with Gasteiger partial charge in [0.15, 0.2) is 5.78 Å². The van der Waals surface area contributed by atoms with E-state index >= 15 is 0 Å². The maximum absolute atomic E-state index is 12.9. The van der Waals surface area contributed by atoms with E-state index in [1.165, 1.54) is 11.1 Å². The number of benzene rings is 2. The van der Waals surface area contributed by atoms with E-state index in [9.17, 15) is 14.4 Å². The van der Waals surface area contributed by atoms with Crippen molar-refractivity contribution >= 4 is 46.4 Å². The maximum atomic E-state index is 12.9. The Bertz CT molecular complexity index is 1150. The van der Waals surface area contributed by atoms with Gasteiger partial charge in [-0.1, -0.05) is 57.5 Å². The molecule has 0 aromatic heterocycles. The molecule has 4 nitrogen and oxygen atoms in total. The minimum Gasteiger partial charge on any atom is -0.292 e. The third-order valence-electron chi connectivity index (χ3n) is 6.52. The van der Waals surface area contributed by atoms with Crippen molar-refractivity contribution in [2.45, 2.75) is 51.4 Å². The van der Waals surface area contributed by atoms with Crippen LogP contribution in [0.1, 0.15) is 67.6 Å². The van der Waals surface area contributed by atoms with Crippen molar-refractivity contribution < 1.29 is 14.4 Å². The molecule has 0 spiro atoms. The lowest BCUT2D eigenvalue weighted by Crippen LogP contribution is -2.34. The normalized spacial score (nSPS) is 20.5. The van der Waals surface area contributed by atoms with Crippen molar-refractivity contribution in [2.24, 2.45) is 0 Å². The summed E-state index contributed by atoms with van der Waals surface area (Å²) >= 11 is 6.74. The van der Waals surface area contributed by atoms with Crippen molar-refractivity contribution in [3.63, 3.8) is 0 Å². The van der Waals surface area contributed by atoms with Gasteiger partial charge in [0.25, 0.3) is 11.1 Å². The summed E-state index contributed by atoms with van der Waals surface area (Å²) in [7, 11) is 0. The average molecular weight is 468 g/mol. The lowest BCUT2D eigenvalue weighted by molar-refractivity contribution is -0.122. The van der Waals surface area contributed by atoms with E-state index in [1.54, 1.807) is 30.3 Å². The highest BCUT2D eigenvalue weighted by atomic mass is 35.5. The van der Waals surface area contributed by atoms with E-state index in [0.717, 1.165) is 35.1 Å². The van der Waals surface area contributed by atoms with E-state index in [4.69, 9.17) is 11.6 Å². The molecule has 2 amide bonds. The van der Waals surface area contributed by atoms with Crippen molar-refractivity contribution in [1.82, 2.24) is 4.90 Å². The first kappa shape index (κ1) is 22.8. The van der Waals surface area contributed by atoms with Crippen LogP contribution in [0.15, 0.2) is 47.4 Å². The van der Waals surface area contributed by atoms with Gasteiger partial charge in [0.1, 0.15) is 0 Å². The molecule has 0 unspecified atom stereocenters. The fourth-order valence-electron chi connectivity index (χ4n) is 4.35. The Kier molecular flexibility index (Phi) is 5.84. The Labute approximate surface area is 198 Å². The molecule has 0 saturated carbocycles. The van der Waals surface area contributed by atoms with Crippen LogP contribution in [0.5, 0.6) is 0 Å². The summed E-state index contributed by atoms with van der Waals surface area (Å²) in [5.41, 5.74) is 4.11. The molecule has 32 heavy (non-hydrogen) atoms. The number of amides is 2. The van der Waals surface area contributed by atoms with Crippen LogP contribution in [-0.4, -0.2) is 28.4 Å². The summed E-state index contributed by atoms with van der Waals surface area (Å²) < 4.78 is 0. The first-order chi connectivity index (χ1) is 15.0. The van der Waals surface area contributed by atoms with Gasteiger partial charge in [0.05, 0.1) is 11.4 Å². The highest BCUT2D eigenvalue weighted by Gasteiger charge is 2.38. The number of thioether (sulfide) groups is 1. The second kappa shape index (κ2) is 8.20. The zero-order valence-electron chi connectivity index (χ0n) is 18.7. The van der Waals surface area contributed by atoms with E-state index in [-0.39, 0.29) is 23.2 Å². The van der Waals surface area contributed by atoms with Crippen molar-refractivity contribution in [2.75, 3.05) is 6.54 Å². The Balaban J connectivity index is 1.58. The number of fused-ring (bicyclic) bond motifs is 1. The standard InChI is InChI=1S/C26H26ClNO3S/c1-25(2)11-12-26(3,4)20-13-16(5-10-19(20)25)14-22-23(30)28(24(31)32-22)15-21(29)17-6-8-18(27)9-7-17/h5-10,13-14H,11-12,15H2,1-4H3/b22-14-. The van der Waals surface area contributed by atoms with Gasteiger partial charge < -0.3 is 0 Å². The molecule has 0 N–H and O–H groups in total. The third-order valence-corrected chi connectivity index (χ3v) is 7.68. The minimum atomic E-state index is -0.431. The monoisotopic (exact) mass is 467 g/mol. The van der Waals surface area contributed by atoms with Crippen LogP contribution in [0.2, 0.25) is 5.02 Å². The van der Waals surface area contributed by atoms with Crippen LogP contribution >= 0.6 is 23.4 Å². The Morgan fingerprint density at radius 3 is 2.28 bits per heavy atom. The molecule has 1 saturated heterocycles. The summed E-state index contributed by atoms with van der Waals surface area (Å²) in [6, 6.07) is 12.7. The van der Waals surface area contributed by atoms with Crippen LogP contribution in [0.25, 0.3) is 6.08 Å². The molecule has 0 atom stereocenters. The molecule has 1 aliphatic heterocycles. The minimum absolute atomic E-state index is 0.0546. The van der Waals surface area contributed by atoms with Crippen LogP contribution < -0.4 is 0 Å². The Hall–Kier alpha value is -2.37. The van der Waals surface area contributed by atoms with Gasteiger partial charge in [-0.15, -0.1) is 0 Å². The summed E-state index contributed by atoms with van der Waals surface area (Å²) in [5.74, 6) is -0.734. The van der Waals surface area contributed by atoms with Gasteiger partial charge in [-0.3, -0.25) is 19.3 Å². The number of nitrogens with zero attached hydrogens (tertiary/aromatic N) is 1.